The van der Waals surface area contributed by atoms with Crippen LogP contribution in [0.25, 0.3) is 0 Å². The van der Waals surface area contributed by atoms with Crippen LogP contribution in [-0.2, 0) is 10.0 Å². The molecule has 1 saturated heterocycles. The van der Waals surface area contributed by atoms with Gasteiger partial charge in [0, 0.05) is 25.3 Å². The minimum atomic E-state index is -3.41. The summed E-state index contributed by atoms with van der Waals surface area (Å²) >= 11 is 0. The molecule has 6 heteroatoms. The summed E-state index contributed by atoms with van der Waals surface area (Å²) in [6.45, 7) is 4.94. The lowest BCUT2D eigenvalue weighted by Crippen LogP contribution is -2.36. The summed E-state index contributed by atoms with van der Waals surface area (Å²) in [5.74, 6) is 0.749. The minimum Gasteiger partial charge on any atom is -0.367 e. The van der Waals surface area contributed by atoms with Crippen LogP contribution < -0.4 is 5.32 Å². The fraction of sp³-hybridized carbons (Fsp3) is 0.500. The molecule has 1 aliphatic heterocycles. The van der Waals surface area contributed by atoms with Gasteiger partial charge in [-0.15, -0.1) is 0 Å². The normalized spacial score (nSPS) is 20.9. The van der Waals surface area contributed by atoms with Gasteiger partial charge < -0.3 is 5.32 Å². The molecule has 20 heavy (non-hydrogen) atoms. The Hall–Kier alpha value is -1.40. The highest BCUT2D eigenvalue weighted by Gasteiger charge is 2.27. The van der Waals surface area contributed by atoms with Gasteiger partial charge in [0.15, 0.2) is 0 Å². The molecule has 2 aliphatic rings. The van der Waals surface area contributed by atoms with E-state index in [-0.39, 0.29) is 4.90 Å². The van der Waals surface area contributed by atoms with Gasteiger partial charge in [-0.05, 0) is 37.8 Å². The van der Waals surface area contributed by atoms with Gasteiger partial charge in [-0.3, -0.25) is 0 Å². The van der Waals surface area contributed by atoms with Crippen molar-refractivity contribution in [2.75, 3.05) is 18.4 Å². The largest absolute Gasteiger partial charge is 0.367 e. The van der Waals surface area contributed by atoms with Gasteiger partial charge in [-0.2, -0.15) is 4.31 Å². The molecular weight excluding hydrogens is 274 g/mol. The topological polar surface area (TPSA) is 62.3 Å². The molecule has 3 rings (SSSR count). The van der Waals surface area contributed by atoms with Crippen LogP contribution in [0.2, 0.25) is 0 Å². The molecule has 0 unspecified atom stereocenters. The second-order valence-electron chi connectivity index (χ2n) is 5.45. The molecule has 1 saturated carbocycles. The van der Waals surface area contributed by atoms with Gasteiger partial charge >= 0.3 is 0 Å². The summed E-state index contributed by atoms with van der Waals surface area (Å²) < 4.78 is 26.5. The Morgan fingerprint density at radius 2 is 1.95 bits per heavy atom. The van der Waals surface area contributed by atoms with E-state index in [0.29, 0.717) is 19.1 Å². The number of nitrogens with one attached hydrogen (secondary N) is 1. The first-order chi connectivity index (χ1) is 9.55. The molecule has 1 aromatic heterocycles. The summed E-state index contributed by atoms with van der Waals surface area (Å²) in [6, 6.07) is 3.89. The van der Waals surface area contributed by atoms with Crippen molar-refractivity contribution in [1.29, 1.82) is 0 Å². The van der Waals surface area contributed by atoms with E-state index in [4.69, 9.17) is 0 Å². The zero-order valence-corrected chi connectivity index (χ0v) is 12.2. The van der Waals surface area contributed by atoms with E-state index in [1.807, 2.05) is 0 Å². The molecule has 1 aromatic rings. The number of anilines is 1. The van der Waals surface area contributed by atoms with Crippen LogP contribution >= 0.6 is 0 Å². The van der Waals surface area contributed by atoms with Crippen molar-refractivity contribution in [3.8, 4) is 0 Å². The number of rotatable bonds is 4. The Morgan fingerprint density at radius 1 is 1.25 bits per heavy atom. The van der Waals surface area contributed by atoms with Crippen molar-refractivity contribution in [3.63, 3.8) is 0 Å². The quantitative estimate of drug-likeness (QED) is 0.863. The number of hydrogen-bond donors (Lipinski definition) is 1. The summed E-state index contributed by atoms with van der Waals surface area (Å²) in [6.07, 6.45) is 5.27. The number of sulfonamides is 1. The Balaban J connectivity index is 1.74. The first kappa shape index (κ1) is 13.6. The van der Waals surface area contributed by atoms with Crippen LogP contribution in [0.15, 0.2) is 35.4 Å². The summed E-state index contributed by atoms with van der Waals surface area (Å²) in [5, 5.41) is 3.25. The smallest absolute Gasteiger partial charge is 0.244 e. The molecular formula is C14H19N3O2S. The average molecular weight is 293 g/mol. The van der Waals surface area contributed by atoms with Crippen molar-refractivity contribution >= 4 is 15.8 Å². The van der Waals surface area contributed by atoms with E-state index < -0.39 is 10.0 Å². The summed E-state index contributed by atoms with van der Waals surface area (Å²) in [7, 11) is -3.41. The van der Waals surface area contributed by atoms with Crippen molar-refractivity contribution in [2.24, 2.45) is 0 Å². The molecule has 0 atom stereocenters. The first-order valence-electron chi connectivity index (χ1n) is 6.95. The molecule has 0 bridgehead atoms. The molecule has 108 valence electrons. The molecule has 0 radical (unpaired) electrons. The molecule has 2 heterocycles. The number of hydrogen-bond acceptors (Lipinski definition) is 4. The van der Waals surface area contributed by atoms with Gasteiger partial charge in [0.05, 0.1) is 0 Å². The Labute approximate surface area is 119 Å². The monoisotopic (exact) mass is 293 g/mol. The summed E-state index contributed by atoms with van der Waals surface area (Å²) in [5.41, 5.74) is 1.12. The van der Waals surface area contributed by atoms with E-state index in [0.717, 1.165) is 24.2 Å². The third kappa shape index (κ3) is 2.86. The maximum absolute atomic E-state index is 12.5. The van der Waals surface area contributed by atoms with Crippen LogP contribution in [0.5, 0.6) is 0 Å². The maximum Gasteiger partial charge on any atom is 0.244 e. The second-order valence-corrected chi connectivity index (χ2v) is 7.39. The van der Waals surface area contributed by atoms with Crippen molar-refractivity contribution < 1.29 is 8.42 Å². The van der Waals surface area contributed by atoms with Gasteiger partial charge in [-0.25, -0.2) is 13.4 Å². The van der Waals surface area contributed by atoms with Crippen LogP contribution in [-0.4, -0.2) is 36.8 Å². The molecule has 1 aliphatic carbocycles. The van der Waals surface area contributed by atoms with E-state index in [9.17, 15) is 8.42 Å². The third-order valence-electron chi connectivity index (χ3n) is 3.73. The van der Waals surface area contributed by atoms with Gasteiger partial charge in [0.25, 0.3) is 0 Å². The molecule has 1 N–H and O–H groups in total. The lowest BCUT2D eigenvalue weighted by Gasteiger charge is -2.27. The van der Waals surface area contributed by atoms with E-state index >= 15 is 0 Å². The Morgan fingerprint density at radius 3 is 2.50 bits per heavy atom. The summed E-state index contributed by atoms with van der Waals surface area (Å²) in [4.78, 5) is 4.47. The third-order valence-corrected chi connectivity index (χ3v) is 5.62. The fourth-order valence-electron chi connectivity index (χ4n) is 2.25. The van der Waals surface area contributed by atoms with Crippen LogP contribution in [0, 0.1) is 0 Å². The Bertz CT molecular complexity index is 596. The van der Waals surface area contributed by atoms with Crippen LogP contribution in [0.3, 0.4) is 0 Å². The number of pyridine rings is 1. The minimum absolute atomic E-state index is 0.270. The SMILES string of the molecule is C=C1CCN(S(=O)(=O)c2ccc(NC3CC3)nc2)CC1. The maximum atomic E-state index is 12.5. The molecule has 5 nitrogen and oxygen atoms in total. The van der Waals surface area contributed by atoms with E-state index in [1.54, 1.807) is 12.1 Å². The highest BCUT2D eigenvalue weighted by Crippen LogP contribution is 2.25. The van der Waals surface area contributed by atoms with Gasteiger partial charge in [-0.1, -0.05) is 12.2 Å². The number of aromatic nitrogens is 1. The highest BCUT2D eigenvalue weighted by molar-refractivity contribution is 7.89. The average Bonchev–Trinajstić information content (AvgIpc) is 3.24. The standard InChI is InChI=1S/C14H19N3O2S/c1-11-6-8-17(9-7-11)20(18,19)13-4-5-14(15-10-13)16-12-2-3-12/h4-5,10,12H,1-3,6-9H2,(H,15,16). The number of nitrogens with zero attached hydrogens (tertiary/aromatic N) is 2. The van der Waals surface area contributed by atoms with Crippen molar-refractivity contribution in [3.05, 3.63) is 30.5 Å². The molecule has 0 amide bonds. The van der Waals surface area contributed by atoms with Crippen LogP contribution in [0.4, 0.5) is 5.82 Å². The lowest BCUT2D eigenvalue weighted by molar-refractivity contribution is 0.387. The van der Waals surface area contributed by atoms with E-state index in [2.05, 4.69) is 16.9 Å². The first-order valence-corrected chi connectivity index (χ1v) is 8.39. The fourth-order valence-corrected chi connectivity index (χ4v) is 3.63. The predicted octanol–water partition coefficient (Wildman–Crippen LogP) is 2.00. The Kier molecular flexibility index (Phi) is 3.52. The number of piperidine rings is 1. The highest BCUT2D eigenvalue weighted by atomic mass is 32.2. The van der Waals surface area contributed by atoms with Gasteiger partial charge in [0.1, 0.15) is 10.7 Å². The second kappa shape index (κ2) is 5.18. The zero-order chi connectivity index (χ0) is 14.2. The molecule has 0 spiro atoms. The van der Waals surface area contributed by atoms with Crippen molar-refractivity contribution in [2.45, 2.75) is 36.6 Å². The van der Waals surface area contributed by atoms with Crippen molar-refractivity contribution in [1.82, 2.24) is 9.29 Å². The predicted molar refractivity (Wildman–Crippen MR) is 78.0 cm³/mol. The van der Waals surface area contributed by atoms with Crippen LogP contribution in [0.1, 0.15) is 25.7 Å². The van der Waals surface area contributed by atoms with Gasteiger partial charge in [0.2, 0.25) is 10.0 Å². The zero-order valence-electron chi connectivity index (χ0n) is 11.4. The lowest BCUT2D eigenvalue weighted by atomic mass is 10.1. The molecule has 2 fully saturated rings. The molecule has 0 aromatic carbocycles. The van der Waals surface area contributed by atoms with E-state index in [1.165, 1.54) is 23.3 Å².